The van der Waals surface area contributed by atoms with Gasteiger partial charge in [-0.1, -0.05) is 0 Å². The van der Waals surface area contributed by atoms with Crippen molar-refractivity contribution < 1.29 is 17.8 Å². The van der Waals surface area contributed by atoms with E-state index in [9.17, 15) is 13.2 Å². The Morgan fingerprint density at radius 3 is 2.77 bits per heavy atom. The van der Waals surface area contributed by atoms with Gasteiger partial charge in [-0.05, 0) is 29.4 Å². The van der Waals surface area contributed by atoms with Crippen molar-refractivity contribution in [2.24, 2.45) is 0 Å². The first kappa shape index (κ1) is 14.2. The Morgan fingerprint density at radius 2 is 2.05 bits per heavy atom. The van der Waals surface area contributed by atoms with Gasteiger partial charge in [0.15, 0.2) is 5.52 Å². The van der Waals surface area contributed by atoms with Gasteiger partial charge in [0.2, 0.25) is 5.65 Å². The maximum atomic E-state index is 12.7. The van der Waals surface area contributed by atoms with Crippen LogP contribution in [0.3, 0.4) is 0 Å². The second-order valence-corrected chi connectivity index (χ2v) is 4.74. The van der Waals surface area contributed by atoms with Crippen LogP contribution in [0.2, 0.25) is 0 Å². The molecule has 2 N–H and O–H groups in total. The largest absolute Gasteiger partial charge is 0.416 e. The smallest absolute Gasteiger partial charge is 0.396 e. The summed E-state index contributed by atoms with van der Waals surface area (Å²) in [6.45, 7) is 1.69. The standard InChI is InChI=1S/C13H10F3N5O/c1-6-9(10(17)11-12(19-6)21-22-20-11)5-8-4-7(2-3-18-8)13(14,15)16/h2-4H,5,17H2,1H3. The molecule has 0 aromatic carbocycles. The minimum Gasteiger partial charge on any atom is -0.396 e. The summed E-state index contributed by atoms with van der Waals surface area (Å²) in [5, 5.41) is 7.24. The van der Waals surface area contributed by atoms with E-state index in [0.717, 1.165) is 18.3 Å². The fourth-order valence-corrected chi connectivity index (χ4v) is 2.15. The van der Waals surface area contributed by atoms with Crippen molar-refractivity contribution in [3.8, 4) is 0 Å². The van der Waals surface area contributed by atoms with E-state index in [0.29, 0.717) is 11.3 Å². The minimum absolute atomic E-state index is 0.109. The summed E-state index contributed by atoms with van der Waals surface area (Å²) in [6, 6.07) is 1.91. The number of halogens is 3. The number of hydrogen-bond acceptors (Lipinski definition) is 6. The normalized spacial score (nSPS) is 12.0. The first-order valence-corrected chi connectivity index (χ1v) is 6.25. The highest BCUT2D eigenvalue weighted by molar-refractivity contribution is 5.85. The predicted octanol–water partition coefficient (Wildman–Crippen LogP) is 2.51. The van der Waals surface area contributed by atoms with E-state index < -0.39 is 11.7 Å². The van der Waals surface area contributed by atoms with Crippen LogP contribution in [0.25, 0.3) is 11.2 Å². The number of nitrogens with two attached hydrogens (primary N) is 1. The van der Waals surface area contributed by atoms with E-state index in [-0.39, 0.29) is 29.0 Å². The number of rotatable bonds is 2. The summed E-state index contributed by atoms with van der Waals surface area (Å²) in [4.78, 5) is 8.12. The van der Waals surface area contributed by atoms with E-state index in [1.165, 1.54) is 0 Å². The van der Waals surface area contributed by atoms with Gasteiger partial charge in [0.05, 0.1) is 11.3 Å². The second kappa shape index (κ2) is 4.93. The van der Waals surface area contributed by atoms with Crippen molar-refractivity contribution in [3.05, 3.63) is 40.8 Å². The van der Waals surface area contributed by atoms with Crippen molar-refractivity contribution in [3.63, 3.8) is 0 Å². The Morgan fingerprint density at radius 1 is 1.27 bits per heavy atom. The van der Waals surface area contributed by atoms with E-state index in [1.807, 2.05) is 0 Å². The van der Waals surface area contributed by atoms with Crippen LogP contribution in [0.15, 0.2) is 23.0 Å². The summed E-state index contributed by atoms with van der Waals surface area (Å²) in [6.07, 6.45) is -3.19. The highest BCUT2D eigenvalue weighted by Crippen LogP contribution is 2.30. The van der Waals surface area contributed by atoms with Crippen molar-refractivity contribution in [1.82, 2.24) is 20.3 Å². The Balaban J connectivity index is 2.03. The molecule has 3 aromatic heterocycles. The highest BCUT2D eigenvalue weighted by Gasteiger charge is 2.30. The van der Waals surface area contributed by atoms with Gasteiger partial charge >= 0.3 is 6.18 Å². The van der Waals surface area contributed by atoms with Gasteiger partial charge in [0.1, 0.15) is 0 Å². The first-order chi connectivity index (χ1) is 10.4. The number of hydrogen-bond donors (Lipinski definition) is 1. The van der Waals surface area contributed by atoms with Crippen molar-refractivity contribution in [2.45, 2.75) is 19.5 Å². The zero-order valence-electron chi connectivity index (χ0n) is 11.3. The maximum Gasteiger partial charge on any atom is 0.416 e. The number of alkyl halides is 3. The lowest BCUT2D eigenvalue weighted by Gasteiger charge is -2.10. The summed E-state index contributed by atoms with van der Waals surface area (Å²) in [5.74, 6) is 0. The molecule has 114 valence electrons. The third kappa shape index (κ3) is 2.45. The Labute approximate surface area is 122 Å². The van der Waals surface area contributed by atoms with Crippen LogP contribution in [-0.2, 0) is 12.6 Å². The molecule has 0 saturated carbocycles. The molecule has 0 unspecified atom stereocenters. The molecule has 22 heavy (non-hydrogen) atoms. The first-order valence-electron chi connectivity index (χ1n) is 6.25. The molecule has 3 heterocycles. The average Bonchev–Trinajstić information content (AvgIpc) is 2.91. The maximum absolute atomic E-state index is 12.7. The quantitative estimate of drug-likeness (QED) is 0.782. The van der Waals surface area contributed by atoms with Crippen LogP contribution in [0.5, 0.6) is 0 Å². The van der Waals surface area contributed by atoms with Gasteiger partial charge in [-0.15, -0.1) is 0 Å². The van der Waals surface area contributed by atoms with Crippen LogP contribution in [0.4, 0.5) is 18.9 Å². The number of aryl methyl sites for hydroxylation is 1. The lowest BCUT2D eigenvalue weighted by Crippen LogP contribution is -2.08. The van der Waals surface area contributed by atoms with E-state index in [1.54, 1.807) is 6.92 Å². The Bertz CT molecular complexity index is 843. The number of nitrogens with zero attached hydrogens (tertiary/aromatic N) is 4. The molecule has 0 amide bonds. The molecule has 0 bridgehead atoms. The van der Waals surface area contributed by atoms with Crippen LogP contribution in [-0.4, -0.2) is 20.3 Å². The van der Waals surface area contributed by atoms with E-state index in [4.69, 9.17) is 5.73 Å². The predicted molar refractivity (Wildman–Crippen MR) is 70.8 cm³/mol. The summed E-state index contributed by atoms with van der Waals surface area (Å²) < 4.78 is 42.8. The van der Waals surface area contributed by atoms with Crippen LogP contribution < -0.4 is 5.73 Å². The SMILES string of the molecule is Cc1nc2nonc2c(N)c1Cc1cc(C(F)(F)F)ccn1. The van der Waals surface area contributed by atoms with Gasteiger partial charge in [0.25, 0.3) is 0 Å². The third-order valence-corrected chi connectivity index (χ3v) is 3.26. The molecule has 0 atom stereocenters. The highest BCUT2D eigenvalue weighted by atomic mass is 19.4. The molecule has 6 nitrogen and oxygen atoms in total. The Hall–Kier alpha value is -2.71. The summed E-state index contributed by atoms with van der Waals surface area (Å²) in [7, 11) is 0. The van der Waals surface area contributed by atoms with Gasteiger partial charge < -0.3 is 5.73 Å². The second-order valence-electron chi connectivity index (χ2n) is 4.74. The molecule has 0 aliphatic carbocycles. The molecule has 9 heteroatoms. The molecule has 3 rings (SSSR count). The number of aromatic nitrogens is 4. The monoisotopic (exact) mass is 309 g/mol. The molecule has 0 fully saturated rings. The fraction of sp³-hybridized carbons (Fsp3) is 0.231. The number of anilines is 1. The van der Waals surface area contributed by atoms with Gasteiger partial charge in [0, 0.05) is 29.6 Å². The lowest BCUT2D eigenvalue weighted by molar-refractivity contribution is -0.137. The molecule has 0 radical (unpaired) electrons. The molecular formula is C13H10F3N5O. The van der Waals surface area contributed by atoms with Crippen LogP contribution in [0, 0.1) is 6.92 Å². The molecule has 0 aliphatic rings. The van der Waals surface area contributed by atoms with Crippen molar-refractivity contribution in [1.29, 1.82) is 0 Å². The fourth-order valence-electron chi connectivity index (χ4n) is 2.15. The molecule has 3 aromatic rings. The topological polar surface area (TPSA) is 90.7 Å². The van der Waals surface area contributed by atoms with Gasteiger partial charge in [-0.3, -0.25) is 4.98 Å². The number of fused-ring (bicyclic) bond motifs is 1. The third-order valence-electron chi connectivity index (χ3n) is 3.26. The van der Waals surface area contributed by atoms with Crippen molar-refractivity contribution >= 4 is 16.9 Å². The average molecular weight is 309 g/mol. The summed E-state index contributed by atoms with van der Waals surface area (Å²) >= 11 is 0. The molecule has 0 spiro atoms. The van der Waals surface area contributed by atoms with Gasteiger partial charge in [-0.25, -0.2) is 9.61 Å². The number of nitrogen functional groups attached to an aromatic ring is 1. The Kier molecular flexibility index (Phi) is 3.19. The van der Waals surface area contributed by atoms with Crippen LogP contribution in [0.1, 0.15) is 22.5 Å². The lowest BCUT2D eigenvalue weighted by atomic mass is 10.0. The minimum atomic E-state index is -4.42. The van der Waals surface area contributed by atoms with E-state index >= 15 is 0 Å². The summed E-state index contributed by atoms with van der Waals surface area (Å²) in [5.41, 5.74) is 7.38. The zero-order chi connectivity index (χ0) is 15.9. The number of pyridine rings is 2. The van der Waals surface area contributed by atoms with Crippen LogP contribution >= 0.6 is 0 Å². The molecule has 0 aliphatic heterocycles. The van der Waals surface area contributed by atoms with Crippen molar-refractivity contribution in [2.75, 3.05) is 5.73 Å². The zero-order valence-corrected chi connectivity index (χ0v) is 11.3. The van der Waals surface area contributed by atoms with E-state index in [2.05, 4.69) is 24.9 Å². The molecular weight excluding hydrogens is 299 g/mol. The van der Waals surface area contributed by atoms with Gasteiger partial charge in [-0.2, -0.15) is 13.2 Å². The molecule has 0 saturated heterocycles.